The Kier molecular flexibility index (Phi) is 7.67. The van der Waals surface area contributed by atoms with E-state index < -0.39 is 0 Å². The third-order valence-electron chi connectivity index (χ3n) is 6.07. The molecule has 2 aliphatic rings. The van der Waals surface area contributed by atoms with Gasteiger partial charge in [0, 0.05) is 39.0 Å². The number of hydrogen-bond donors (Lipinski definition) is 1. The summed E-state index contributed by atoms with van der Waals surface area (Å²) < 4.78 is 0. The molecule has 6 nitrogen and oxygen atoms in total. The monoisotopic (exact) mass is 399 g/mol. The van der Waals surface area contributed by atoms with Crippen LogP contribution in [0.4, 0.5) is 0 Å². The molecule has 0 unspecified atom stereocenters. The maximum atomic E-state index is 12.9. The molecule has 2 saturated heterocycles. The largest absolute Gasteiger partial charge is 0.349 e. The van der Waals surface area contributed by atoms with Gasteiger partial charge in [-0.05, 0) is 31.2 Å². The van der Waals surface area contributed by atoms with Gasteiger partial charge < -0.3 is 15.1 Å². The van der Waals surface area contributed by atoms with Crippen molar-refractivity contribution in [3.05, 3.63) is 35.9 Å². The minimum absolute atomic E-state index is 0.0354. The van der Waals surface area contributed by atoms with Crippen molar-refractivity contribution in [2.75, 3.05) is 26.2 Å². The van der Waals surface area contributed by atoms with Crippen molar-refractivity contribution in [3.8, 4) is 0 Å². The number of nitrogens with one attached hydrogen (secondary N) is 1. The van der Waals surface area contributed by atoms with Crippen molar-refractivity contribution in [2.24, 2.45) is 5.92 Å². The first-order valence-corrected chi connectivity index (χ1v) is 10.9. The summed E-state index contributed by atoms with van der Waals surface area (Å²) >= 11 is 0. The number of hydrogen-bond acceptors (Lipinski definition) is 3. The van der Waals surface area contributed by atoms with Gasteiger partial charge in [-0.3, -0.25) is 14.4 Å². The highest BCUT2D eigenvalue weighted by atomic mass is 16.2. The van der Waals surface area contributed by atoms with Gasteiger partial charge in [-0.15, -0.1) is 0 Å². The van der Waals surface area contributed by atoms with Crippen LogP contribution >= 0.6 is 0 Å². The van der Waals surface area contributed by atoms with Crippen LogP contribution in [0, 0.1) is 5.92 Å². The van der Waals surface area contributed by atoms with E-state index in [2.05, 4.69) is 5.32 Å². The first-order valence-electron chi connectivity index (χ1n) is 10.9. The van der Waals surface area contributed by atoms with Crippen LogP contribution in [0.25, 0.3) is 0 Å². The molecule has 0 saturated carbocycles. The third kappa shape index (κ3) is 6.05. The van der Waals surface area contributed by atoms with Gasteiger partial charge in [0.2, 0.25) is 17.7 Å². The van der Waals surface area contributed by atoms with E-state index in [9.17, 15) is 14.4 Å². The second-order valence-corrected chi connectivity index (χ2v) is 8.26. The van der Waals surface area contributed by atoms with Crippen molar-refractivity contribution in [1.82, 2.24) is 15.1 Å². The van der Waals surface area contributed by atoms with E-state index >= 15 is 0 Å². The lowest BCUT2D eigenvalue weighted by Crippen LogP contribution is -2.45. The molecule has 2 aliphatic heterocycles. The number of likely N-dealkylation sites (tertiary alicyclic amines) is 2. The predicted octanol–water partition coefficient (Wildman–Crippen LogP) is 2.90. The van der Waals surface area contributed by atoms with Crippen molar-refractivity contribution < 1.29 is 14.4 Å². The molecule has 0 bridgehead atoms. The minimum Gasteiger partial charge on any atom is -0.349 e. The van der Waals surface area contributed by atoms with Crippen LogP contribution in [0.1, 0.15) is 63.5 Å². The Labute approximate surface area is 173 Å². The van der Waals surface area contributed by atoms with E-state index in [1.165, 1.54) is 19.8 Å². The highest BCUT2D eigenvalue weighted by Crippen LogP contribution is 2.24. The fraction of sp³-hybridized carbons (Fsp3) is 0.609. The fourth-order valence-corrected chi connectivity index (χ4v) is 4.41. The summed E-state index contributed by atoms with van der Waals surface area (Å²) in [6.45, 7) is 4.47. The number of piperidine rings is 1. The van der Waals surface area contributed by atoms with Crippen molar-refractivity contribution in [3.63, 3.8) is 0 Å². The molecular formula is C23H33N3O3. The second-order valence-electron chi connectivity index (χ2n) is 8.26. The van der Waals surface area contributed by atoms with Gasteiger partial charge >= 0.3 is 0 Å². The van der Waals surface area contributed by atoms with Gasteiger partial charge in [0.1, 0.15) is 0 Å². The Morgan fingerprint density at radius 3 is 2.14 bits per heavy atom. The number of carbonyl (C=O) groups is 3. The van der Waals surface area contributed by atoms with Gasteiger partial charge in [-0.2, -0.15) is 0 Å². The van der Waals surface area contributed by atoms with Crippen LogP contribution in [-0.4, -0.2) is 53.7 Å². The van der Waals surface area contributed by atoms with Crippen LogP contribution in [0.15, 0.2) is 30.3 Å². The van der Waals surface area contributed by atoms with Crippen molar-refractivity contribution in [2.45, 2.75) is 57.9 Å². The lowest BCUT2D eigenvalue weighted by atomic mass is 9.94. The van der Waals surface area contributed by atoms with E-state index in [1.54, 1.807) is 0 Å². The number of benzene rings is 1. The maximum Gasteiger partial charge on any atom is 0.225 e. The first kappa shape index (κ1) is 21.3. The average Bonchev–Trinajstić information content (AvgIpc) is 3.03. The van der Waals surface area contributed by atoms with Gasteiger partial charge in [0.05, 0.1) is 12.5 Å². The van der Waals surface area contributed by atoms with Crippen LogP contribution in [-0.2, 0) is 14.4 Å². The Morgan fingerprint density at radius 1 is 0.931 bits per heavy atom. The summed E-state index contributed by atoms with van der Waals surface area (Å²) in [4.78, 5) is 41.2. The molecule has 2 heterocycles. The summed E-state index contributed by atoms with van der Waals surface area (Å²) in [6.07, 6.45) is 6.35. The van der Waals surface area contributed by atoms with Gasteiger partial charge in [0.25, 0.3) is 0 Å². The van der Waals surface area contributed by atoms with Gasteiger partial charge in [0.15, 0.2) is 0 Å². The zero-order valence-corrected chi connectivity index (χ0v) is 17.4. The second kappa shape index (κ2) is 10.4. The fourth-order valence-electron chi connectivity index (χ4n) is 4.41. The summed E-state index contributed by atoms with van der Waals surface area (Å²) in [7, 11) is 0. The summed E-state index contributed by atoms with van der Waals surface area (Å²) in [5, 5.41) is 2.89. The highest BCUT2D eigenvalue weighted by molar-refractivity contribution is 5.81. The molecule has 1 aromatic carbocycles. The lowest BCUT2D eigenvalue weighted by Gasteiger charge is -2.34. The SMILES string of the molecule is CC(=O)N[C@@H](CC(=O)N1CCC(C(=O)N2CCCCCC2)CC1)c1ccccc1. The molecule has 6 heteroatoms. The summed E-state index contributed by atoms with van der Waals surface area (Å²) in [5.41, 5.74) is 0.933. The Morgan fingerprint density at radius 2 is 1.55 bits per heavy atom. The van der Waals surface area contributed by atoms with Crippen LogP contribution < -0.4 is 5.32 Å². The average molecular weight is 400 g/mol. The molecule has 3 rings (SSSR count). The molecule has 2 fully saturated rings. The van der Waals surface area contributed by atoms with E-state index in [4.69, 9.17) is 0 Å². The van der Waals surface area contributed by atoms with Crippen LogP contribution in [0.2, 0.25) is 0 Å². The van der Waals surface area contributed by atoms with E-state index in [0.717, 1.165) is 44.3 Å². The van der Waals surface area contributed by atoms with E-state index in [1.807, 2.05) is 40.1 Å². The summed E-state index contributed by atoms with van der Waals surface area (Å²) in [5.74, 6) is 0.207. The molecule has 0 radical (unpaired) electrons. The molecular weight excluding hydrogens is 366 g/mol. The lowest BCUT2D eigenvalue weighted by molar-refractivity contribution is -0.141. The molecule has 1 atom stereocenters. The van der Waals surface area contributed by atoms with E-state index in [-0.39, 0.29) is 36.1 Å². The molecule has 1 aromatic rings. The Balaban J connectivity index is 1.53. The molecule has 0 aliphatic carbocycles. The Hall–Kier alpha value is -2.37. The number of carbonyl (C=O) groups excluding carboxylic acids is 3. The van der Waals surface area contributed by atoms with Crippen molar-refractivity contribution in [1.29, 1.82) is 0 Å². The first-order chi connectivity index (χ1) is 14.0. The topological polar surface area (TPSA) is 69.7 Å². The summed E-state index contributed by atoms with van der Waals surface area (Å²) in [6, 6.07) is 9.28. The van der Waals surface area contributed by atoms with Crippen LogP contribution in [0.3, 0.4) is 0 Å². The zero-order valence-electron chi connectivity index (χ0n) is 17.4. The molecule has 0 spiro atoms. The smallest absolute Gasteiger partial charge is 0.225 e. The number of rotatable bonds is 5. The molecule has 158 valence electrons. The zero-order chi connectivity index (χ0) is 20.6. The molecule has 29 heavy (non-hydrogen) atoms. The molecule has 0 aromatic heterocycles. The standard InChI is InChI=1S/C23H33N3O3/c1-18(27)24-21(19-9-5-4-6-10-19)17-22(28)25-15-11-20(12-16-25)23(29)26-13-7-2-3-8-14-26/h4-6,9-10,20-21H,2-3,7-8,11-17H2,1H3,(H,24,27)/t21-/m0/s1. The van der Waals surface area contributed by atoms with Gasteiger partial charge in [-0.1, -0.05) is 43.2 Å². The quantitative estimate of drug-likeness (QED) is 0.828. The minimum atomic E-state index is -0.322. The van der Waals surface area contributed by atoms with Crippen molar-refractivity contribution >= 4 is 17.7 Å². The maximum absolute atomic E-state index is 12.9. The third-order valence-corrected chi connectivity index (χ3v) is 6.07. The highest BCUT2D eigenvalue weighted by Gasteiger charge is 2.31. The number of amides is 3. The van der Waals surface area contributed by atoms with Gasteiger partial charge in [-0.25, -0.2) is 0 Å². The number of nitrogens with zero attached hydrogens (tertiary/aromatic N) is 2. The molecule has 3 amide bonds. The normalized spacial score (nSPS) is 19.3. The predicted molar refractivity (Wildman–Crippen MR) is 112 cm³/mol. The van der Waals surface area contributed by atoms with E-state index in [0.29, 0.717) is 13.1 Å². The van der Waals surface area contributed by atoms with Crippen LogP contribution in [0.5, 0.6) is 0 Å². The Bertz CT molecular complexity index is 691. The molecule has 1 N–H and O–H groups in total.